The Bertz CT molecular complexity index is 1160. The maximum absolute atomic E-state index is 12.2. The third kappa shape index (κ3) is 5.73. The quantitative estimate of drug-likeness (QED) is 0.348. The Morgan fingerprint density at radius 3 is 1.88 bits per heavy atom. The van der Waals surface area contributed by atoms with Gasteiger partial charge in [0.1, 0.15) is 0 Å². The van der Waals surface area contributed by atoms with Crippen LogP contribution in [0, 0.1) is 0 Å². The topological polar surface area (TPSA) is 41.6 Å². The minimum atomic E-state index is -0.260. The largest absolute Gasteiger partial charge is 0.419 e. The summed E-state index contributed by atoms with van der Waals surface area (Å²) in [5.74, 6) is -0.260. The fourth-order valence-corrected chi connectivity index (χ4v) is 4.81. The molecule has 1 aromatic heterocycles. The van der Waals surface area contributed by atoms with E-state index in [2.05, 4.69) is 70.5 Å². The molecule has 0 N–H and O–H groups in total. The van der Waals surface area contributed by atoms with Crippen LogP contribution in [0.4, 0.5) is 0 Å². The Labute approximate surface area is 212 Å². The first-order chi connectivity index (χ1) is 15.8. The van der Waals surface area contributed by atoms with Crippen LogP contribution in [0.1, 0.15) is 23.6 Å². The van der Waals surface area contributed by atoms with Crippen molar-refractivity contribution in [3.8, 4) is 0 Å². The van der Waals surface area contributed by atoms with E-state index in [1.165, 1.54) is 11.1 Å². The minimum Gasteiger partial charge on any atom is -0.408 e. The van der Waals surface area contributed by atoms with E-state index in [0.717, 1.165) is 44.7 Å². The van der Waals surface area contributed by atoms with Crippen LogP contribution in [-0.2, 0) is 6.54 Å². The van der Waals surface area contributed by atoms with Gasteiger partial charge in [-0.2, -0.15) is 0 Å². The van der Waals surface area contributed by atoms with Crippen molar-refractivity contribution in [2.75, 3.05) is 32.7 Å². The fourth-order valence-electron chi connectivity index (χ4n) is 4.81. The average molecular weight is 500 g/mol. The monoisotopic (exact) mass is 499 g/mol. The summed E-state index contributed by atoms with van der Waals surface area (Å²) >= 11 is 0. The van der Waals surface area contributed by atoms with Gasteiger partial charge in [-0.15, -0.1) is 24.8 Å². The summed E-state index contributed by atoms with van der Waals surface area (Å²) in [5.41, 5.74) is 4.24. The van der Waals surface area contributed by atoms with Gasteiger partial charge in [0.05, 0.1) is 11.6 Å². The summed E-state index contributed by atoms with van der Waals surface area (Å²) < 4.78 is 7.11. The van der Waals surface area contributed by atoms with E-state index < -0.39 is 0 Å². The highest BCUT2D eigenvalue weighted by Crippen LogP contribution is 2.29. The van der Waals surface area contributed by atoms with Gasteiger partial charge in [-0.3, -0.25) is 9.47 Å². The van der Waals surface area contributed by atoms with Gasteiger partial charge in [0.2, 0.25) is 0 Å². The van der Waals surface area contributed by atoms with Crippen LogP contribution in [-0.4, -0.2) is 47.1 Å². The molecule has 0 radical (unpaired) electrons. The first-order valence-electron chi connectivity index (χ1n) is 11.4. The first-order valence-corrected chi connectivity index (χ1v) is 11.4. The minimum absolute atomic E-state index is 0. The van der Waals surface area contributed by atoms with Crippen molar-refractivity contribution in [3.05, 3.63) is 107 Å². The highest BCUT2D eigenvalue weighted by Gasteiger charge is 2.26. The number of halogens is 2. The zero-order valence-electron chi connectivity index (χ0n) is 19.1. The lowest BCUT2D eigenvalue weighted by molar-refractivity contribution is 0.107. The second-order valence-corrected chi connectivity index (χ2v) is 8.44. The van der Waals surface area contributed by atoms with Gasteiger partial charge in [-0.05, 0) is 36.2 Å². The molecule has 0 amide bonds. The molecule has 0 unspecified atom stereocenters. The highest BCUT2D eigenvalue weighted by molar-refractivity contribution is 5.85. The summed E-state index contributed by atoms with van der Waals surface area (Å²) in [6.45, 7) is 5.81. The average Bonchev–Trinajstić information content (AvgIpc) is 3.17. The highest BCUT2D eigenvalue weighted by atomic mass is 35.5. The number of aromatic nitrogens is 1. The molecule has 180 valence electrons. The van der Waals surface area contributed by atoms with Gasteiger partial charge in [-0.25, -0.2) is 4.79 Å². The van der Waals surface area contributed by atoms with E-state index >= 15 is 0 Å². The lowest BCUT2D eigenvalue weighted by Crippen LogP contribution is -2.48. The van der Waals surface area contributed by atoms with Crippen molar-refractivity contribution in [1.82, 2.24) is 14.4 Å². The molecule has 0 aliphatic carbocycles. The number of fused-ring (bicyclic) bond motifs is 1. The number of oxazole rings is 1. The number of rotatable bonds is 7. The van der Waals surface area contributed by atoms with Crippen molar-refractivity contribution in [1.29, 1.82) is 0 Å². The first kappa shape index (κ1) is 26.0. The number of para-hydroxylation sites is 2. The van der Waals surface area contributed by atoms with Crippen LogP contribution in [0.5, 0.6) is 0 Å². The molecule has 34 heavy (non-hydrogen) atoms. The van der Waals surface area contributed by atoms with E-state index in [1.54, 1.807) is 4.57 Å². The normalized spacial score (nSPS) is 14.6. The second-order valence-electron chi connectivity index (χ2n) is 8.44. The third-order valence-corrected chi connectivity index (χ3v) is 6.43. The molecule has 5 nitrogen and oxygen atoms in total. The van der Waals surface area contributed by atoms with Crippen molar-refractivity contribution < 1.29 is 4.42 Å². The van der Waals surface area contributed by atoms with E-state index in [-0.39, 0.29) is 36.6 Å². The number of nitrogens with zero attached hydrogens (tertiary/aromatic N) is 3. The lowest BCUT2D eigenvalue weighted by atomic mass is 9.96. The van der Waals surface area contributed by atoms with Gasteiger partial charge in [0.15, 0.2) is 5.58 Å². The van der Waals surface area contributed by atoms with Crippen LogP contribution in [0.2, 0.25) is 0 Å². The van der Waals surface area contributed by atoms with Crippen LogP contribution in [0.3, 0.4) is 0 Å². The maximum Gasteiger partial charge on any atom is 0.419 e. The molecule has 7 heteroatoms. The predicted octanol–water partition coefficient (Wildman–Crippen LogP) is 5.24. The van der Waals surface area contributed by atoms with Gasteiger partial charge in [-0.1, -0.05) is 72.8 Å². The maximum atomic E-state index is 12.2. The molecule has 0 bridgehead atoms. The number of hydrogen-bond donors (Lipinski definition) is 0. The summed E-state index contributed by atoms with van der Waals surface area (Å²) in [7, 11) is 0. The lowest BCUT2D eigenvalue weighted by Gasteiger charge is -2.39. The van der Waals surface area contributed by atoms with Gasteiger partial charge >= 0.3 is 5.76 Å². The summed E-state index contributed by atoms with van der Waals surface area (Å²) in [5, 5.41) is 0. The zero-order valence-corrected chi connectivity index (χ0v) is 20.7. The Balaban J connectivity index is 0.00000162. The zero-order chi connectivity index (χ0) is 21.8. The Hall–Kier alpha value is -2.57. The SMILES string of the molecule is Cl.Cl.O=c1oc2ccccc2n1CCCN1CCN(C(c2ccccc2)c2ccccc2)CC1. The van der Waals surface area contributed by atoms with E-state index in [1.807, 2.05) is 24.3 Å². The molecule has 2 heterocycles. The summed E-state index contributed by atoms with van der Waals surface area (Å²) in [6, 6.07) is 29.5. The second kappa shape index (κ2) is 12.2. The molecule has 3 aromatic carbocycles. The molecule has 1 aliphatic rings. The van der Waals surface area contributed by atoms with Crippen molar-refractivity contribution in [2.45, 2.75) is 19.0 Å². The number of piperazine rings is 1. The van der Waals surface area contributed by atoms with Gasteiger partial charge in [0.25, 0.3) is 0 Å². The van der Waals surface area contributed by atoms with E-state index in [4.69, 9.17) is 4.42 Å². The standard InChI is InChI=1S/C27H29N3O2.2ClH/c31-27-30(24-14-7-8-15-25(24)32-27)17-9-16-28-18-20-29(21-19-28)26(22-10-3-1-4-11-22)23-12-5-2-6-13-23;;/h1-8,10-15,26H,9,16-21H2;2*1H. The Morgan fingerprint density at radius 1 is 0.706 bits per heavy atom. The van der Waals surface area contributed by atoms with Crippen molar-refractivity contribution in [2.24, 2.45) is 0 Å². The summed E-state index contributed by atoms with van der Waals surface area (Å²) in [4.78, 5) is 17.3. The molecule has 5 rings (SSSR count). The molecule has 0 saturated carbocycles. The van der Waals surface area contributed by atoms with Crippen LogP contribution in [0.15, 0.2) is 94.1 Å². The number of benzene rings is 3. The molecule has 1 fully saturated rings. The molecule has 0 spiro atoms. The predicted molar refractivity (Wildman–Crippen MR) is 142 cm³/mol. The summed E-state index contributed by atoms with van der Waals surface area (Å²) in [6.07, 6.45) is 0.935. The Morgan fingerprint density at radius 2 is 1.26 bits per heavy atom. The van der Waals surface area contributed by atoms with Gasteiger partial charge < -0.3 is 9.32 Å². The molecule has 1 saturated heterocycles. The van der Waals surface area contributed by atoms with E-state index in [0.29, 0.717) is 12.1 Å². The molecule has 0 atom stereocenters. The third-order valence-electron chi connectivity index (χ3n) is 6.43. The number of aryl methyl sites for hydroxylation is 1. The van der Waals surface area contributed by atoms with Crippen molar-refractivity contribution >= 4 is 35.9 Å². The Kier molecular flexibility index (Phi) is 9.36. The van der Waals surface area contributed by atoms with Crippen LogP contribution >= 0.6 is 24.8 Å². The molecular weight excluding hydrogens is 469 g/mol. The molecular formula is C27H31Cl2N3O2. The van der Waals surface area contributed by atoms with E-state index in [9.17, 15) is 4.79 Å². The molecule has 4 aromatic rings. The molecule has 1 aliphatic heterocycles. The smallest absolute Gasteiger partial charge is 0.408 e. The van der Waals surface area contributed by atoms with Crippen molar-refractivity contribution in [3.63, 3.8) is 0 Å². The van der Waals surface area contributed by atoms with Gasteiger partial charge in [0, 0.05) is 32.7 Å². The van der Waals surface area contributed by atoms with Crippen LogP contribution < -0.4 is 5.76 Å². The number of hydrogen-bond acceptors (Lipinski definition) is 4. The fraction of sp³-hybridized carbons (Fsp3) is 0.296. The van der Waals surface area contributed by atoms with Crippen LogP contribution in [0.25, 0.3) is 11.1 Å².